The van der Waals surface area contributed by atoms with Crippen LogP contribution in [0.1, 0.15) is 17.0 Å². The lowest BCUT2D eigenvalue weighted by atomic mass is 10.1. The molecule has 2 heterocycles. The number of fused-ring (bicyclic) bond motifs is 1. The van der Waals surface area contributed by atoms with Gasteiger partial charge < -0.3 is 10.0 Å². The van der Waals surface area contributed by atoms with Crippen molar-refractivity contribution in [1.82, 2.24) is 14.4 Å². The molecule has 0 atom stereocenters. The topological polar surface area (TPSA) is 70.7 Å². The zero-order valence-electron chi connectivity index (χ0n) is 19.0. The van der Waals surface area contributed by atoms with Gasteiger partial charge in [-0.3, -0.25) is 9.20 Å². The van der Waals surface area contributed by atoms with E-state index < -0.39 is 0 Å². The number of aromatic hydroxyl groups is 1. The third-order valence-electron chi connectivity index (χ3n) is 5.75. The predicted octanol–water partition coefficient (Wildman–Crippen LogP) is 4.84. The quantitative estimate of drug-likeness (QED) is 0.473. The number of carbonyl (C=O) groups excluding carboxylic acids is 1. The van der Waals surface area contributed by atoms with Gasteiger partial charge in [0.25, 0.3) is 0 Å². The zero-order valence-corrected chi connectivity index (χ0v) is 19.0. The lowest BCUT2D eigenvalue weighted by Gasteiger charge is -2.13. The summed E-state index contributed by atoms with van der Waals surface area (Å²) in [6.45, 7) is 0. The SMILES string of the molecule is CN(C)c1ccc(-c2cn3c(O)c(C=C4C=CC(=O)C=C4)nc3c(Cc3ccccc3)n2)cc1. The van der Waals surface area contributed by atoms with Crippen LogP contribution in [0.3, 0.4) is 0 Å². The van der Waals surface area contributed by atoms with Crippen LogP contribution in [-0.4, -0.2) is 39.4 Å². The van der Waals surface area contributed by atoms with E-state index in [1.807, 2.05) is 67.7 Å². The Bertz CT molecular complexity index is 1440. The first-order valence-corrected chi connectivity index (χ1v) is 11.0. The lowest BCUT2D eigenvalue weighted by molar-refractivity contribution is -0.110. The number of allylic oxidation sites excluding steroid dienone is 5. The third-order valence-corrected chi connectivity index (χ3v) is 5.75. The van der Waals surface area contributed by atoms with E-state index in [-0.39, 0.29) is 11.7 Å². The number of aromatic nitrogens is 3. The Morgan fingerprint density at radius 3 is 2.32 bits per heavy atom. The normalized spacial score (nSPS) is 13.0. The summed E-state index contributed by atoms with van der Waals surface area (Å²) in [6.07, 6.45) is 10.6. The summed E-state index contributed by atoms with van der Waals surface area (Å²) >= 11 is 0. The van der Waals surface area contributed by atoms with Gasteiger partial charge in [-0.25, -0.2) is 9.97 Å². The second-order valence-corrected chi connectivity index (χ2v) is 8.40. The lowest BCUT2D eigenvalue weighted by Crippen LogP contribution is -2.08. The van der Waals surface area contributed by atoms with Crippen molar-refractivity contribution in [3.8, 4) is 17.1 Å². The first-order chi connectivity index (χ1) is 16.5. The van der Waals surface area contributed by atoms with Crippen LogP contribution in [0.4, 0.5) is 5.69 Å². The number of benzene rings is 2. The van der Waals surface area contributed by atoms with Gasteiger partial charge in [-0.15, -0.1) is 0 Å². The average molecular weight is 449 g/mol. The highest BCUT2D eigenvalue weighted by molar-refractivity contribution is 6.01. The highest BCUT2D eigenvalue weighted by Gasteiger charge is 2.17. The first kappa shape index (κ1) is 21.4. The fourth-order valence-corrected chi connectivity index (χ4v) is 3.91. The second-order valence-electron chi connectivity index (χ2n) is 8.40. The number of hydrogen-bond donors (Lipinski definition) is 1. The van der Waals surface area contributed by atoms with E-state index in [1.165, 1.54) is 12.2 Å². The number of imidazole rings is 1. The summed E-state index contributed by atoms with van der Waals surface area (Å²) in [5, 5.41) is 11.1. The van der Waals surface area contributed by atoms with Gasteiger partial charge in [0.15, 0.2) is 11.4 Å². The van der Waals surface area contributed by atoms with Gasteiger partial charge in [0.05, 0.1) is 11.4 Å². The van der Waals surface area contributed by atoms with Crippen molar-refractivity contribution in [2.45, 2.75) is 6.42 Å². The van der Waals surface area contributed by atoms with E-state index in [4.69, 9.17) is 9.97 Å². The van der Waals surface area contributed by atoms with Gasteiger partial charge in [0.2, 0.25) is 5.88 Å². The molecule has 6 heteroatoms. The molecule has 0 aliphatic heterocycles. The summed E-state index contributed by atoms with van der Waals surface area (Å²) in [4.78, 5) is 23.1. The molecule has 0 unspecified atom stereocenters. The Labute approximate surface area is 197 Å². The van der Waals surface area contributed by atoms with Crippen molar-refractivity contribution in [3.63, 3.8) is 0 Å². The van der Waals surface area contributed by atoms with Crippen molar-refractivity contribution in [2.24, 2.45) is 0 Å². The van der Waals surface area contributed by atoms with E-state index in [1.54, 1.807) is 22.6 Å². The molecule has 2 aromatic carbocycles. The standard InChI is InChI=1S/C28H24N4O2/c1-31(2)22-12-10-21(11-13-22)26-18-32-27(24(29-26)16-19-6-4-3-5-7-19)30-25(28(32)34)17-20-8-14-23(33)15-9-20/h3-15,17-18,34H,16H2,1-2H3. The van der Waals surface area contributed by atoms with Crippen molar-refractivity contribution >= 4 is 23.2 Å². The minimum Gasteiger partial charge on any atom is -0.493 e. The molecule has 0 saturated carbocycles. The molecule has 168 valence electrons. The maximum Gasteiger partial charge on any atom is 0.223 e. The highest BCUT2D eigenvalue weighted by Crippen LogP contribution is 2.29. The number of ketones is 1. The van der Waals surface area contributed by atoms with Gasteiger partial charge in [-0.05, 0) is 41.5 Å². The second kappa shape index (κ2) is 8.83. The maximum atomic E-state index is 11.4. The first-order valence-electron chi connectivity index (χ1n) is 11.0. The Morgan fingerprint density at radius 1 is 0.941 bits per heavy atom. The van der Waals surface area contributed by atoms with Crippen molar-refractivity contribution in [3.05, 3.63) is 108 Å². The number of hydrogen-bond acceptors (Lipinski definition) is 5. The maximum absolute atomic E-state index is 11.4. The molecule has 6 nitrogen and oxygen atoms in total. The average Bonchev–Trinajstić information content (AvgIpc) is 3.16. The molecule has 2 aromatic heterocycles. The number of rotatable bonds is 5. The van der Waals surface area contributed by atoms with Crippen molar-refractivity contribution in [2.75, 3.05) is 19.0 Å². The molecular weight excluding hydrogens is 424 g/mol. The van der Waals surface area contributed by atoms with E-state index in [2.05, 4.69) is 12.1 Å². The minimum absolute atomic E-state index is 0.0315. The van der Waals surface area contributed by atoms with Crippen molar-refractivity contribution < 1.29 is 9.90 Å². The van der Waals surface area contributed by atoms with Gasteiger partial charge in [-0.2, -0.15) is 0 Å². The van der Waals surface area contributed by atoms with Crippen LogP contribution in [0.25, 0.3) is 23.0 Å². The van der Waals surface area contributed by atoms with Crippen LogP contribution < -0.4 is 4.90 Å². The number of anilines is 1. The molecule has 0 saturated heterocycles. The van der Waals surface area contributed by atoms with Crippen molar-refractivity contribution in [1.29, 1.82) is 0 Å². The molecule has 4 aromatic rings. The predicted molar refractivity (Wildman–Crippen MR) is 135 cm³/mol. The molecular formula is C28H24N4O2. The van der Waals surface area contributed by atoms with Gasteiger partial charge in [0.1, 0.15) is 5.69 Å². The monoisotopic (exact) mass is 448 g/mol. The summed E-state index contributed by atoms with van der Waals surface area (Å²) in [7, 11) is 4.01. The molecule has 5 rings (SSSR count). The largest absolute Gasteiger partial charge is 0.493 e. The fraction of sp³-hybridized carbons (Fsp3) is 0.107. The number of carbonyl (C=O) groups is 1. The molecule has 0 bridgehead atoms. The van der Waals surface area contributed by atoms with Crippen LogP contribution >= 0.6 is 0 Å². The minimum atomic E-state index is -0.0596. The molecule has 0 fully saturated rings. The van der Waals surface area contributed by atoms with Crippen LogP contribution in [0, 0.1) is 0 Å². The zero-order chi connectivity index (χ0) is 23.7. The van der Waals surface area contributed by atoms with Gasteiger partial charge in [0, 0.05) is 38.0 Å². The summed E-state index contributed by atoms with van der Waals surface area (Å²) < 4.78 is 1.69. The van der Waals surface area contributed by atoms with E-state index in [9.17, 15) is 9.90 Å². The molecule has 0 radical (unpaired) electrons. The number of nitrogens with zero attached hydrogens (tertiary/aromatic N) is 4. The van der Waals surface area contributed by atoms with Crippen LogP contribution in [0.2, 0.25) is 0 Å². The van der Waals surface area contributed by atoms with E-state index >= 15 is 0 Å². The third kappa shape index (κ3) is 4.26. The Morgan fingerprint density at radius 2 is 1.65 bits per heavy atom. The Kier molecular flexibility index (Phi) is 5.55. The smallest absolute Gasteiger partial charge is 0.223 e. The van der Waals surface area contributed by atoms with Gasteiger partial charge >= 0.3 is 0 Å². The molecule has 0 spiro atoms. The van der Waals surface area contributed by atoms with Crippen LogP contribution in [-0.2, 0) is 11.2 Å². The summed E-state index contributed by atoms with van der Waals surface area (Å²) in [5.74, 6) is -0.0280. The molecule has 0 amide bonds. The molecule has 34 heavy (non-hydrogen) atoms. The summed E-state index contributed by atoms with van der Waals surface area (Å²) in [5.41, 5.74) is 6.49. The van der Waals surface area contributed by atoms with Crippen LogP contribution in [0.15, 0.2) is 90.7 Å². The van der Waals surface area contributed by atoms with Gasteiger partial charge in [-0.1, -0.05) is 54.6 Å². The fourth-order valence-electron chi connectivity index (χ4n) is 3.91. The summed E-state index contributed by atoms with van der Waals surface area (Å²) in [6, 6.07) is 18.2. The Hall–Kier alpha value is -4.45. The molecule has 1 aliphatic carbocycles. The Balaban J connectivity index is 1.64. The van der Waals surface area contributed by atoms with E-state index in [0.717, 1.165) is 33.8 Å². The molecule has 1 N–H and O–H groups in total. The molecule has 1 aliphatic rings. The highest BCUT2D eigenvalue weighted by atomic mass is 16.3. The van der Waals surface area contributed by atoms with E-state index in [0.29, 0.717) is 17.8 Å². The van der Waals surface area contributed by atoms with Crippen LogP contribution in [0.5, 0.6) is 5.88 Å².